The first-order chi connectivity index (χ1) is 11.5. The highest BCUT2D eigenvalue weighted by Gasteiger charge is 2.28. The molecular formula is C15H18N6O2S. The van der Waals surface area contributed by atoms with Gasteiger partial charge in [0.1, 0.15) is 0 Å². The molecule has 2 amide bonds. The van der Waals surface area contributed by atoms with Crippen LogP contribution in [0, 0.1) is 0 Å². The first-order valence-corrected chi connectivity index (χ1v) is 7.89. The number of likely N-dealkylation sites (N-methyl/N-ethyl adjacent to an activating group) is 2. The number of fused-ring (bicyclic) bond motifs is 1. The SMILES string of the molecule is CNCC(=O)N(C)c1ccc2c(c1)N(C(=O)c1cnnn1S)CC2. The molecule has 1 aliphatic heterocycles. The maximum absolute atomic E-state index is 12.7. The molecule has 1 aromatic heterocycles. The highest BCUT2D eigenvalue weighted by molar-refractivity contribution is 7.78. The van der Waals surface area contributed by atoms with Crippen molar-refractivity contribution in [1.29, 1.82) is 0 Å². The van der Waals surface area contributed by atoms with Crippen LogP contribution in [0.25, 0.3) is 0 Å². The summed E-state index contributed by atoms with van der Waals surface area (Å²) >= 11 is 4.09. The summed E-state index contributed by atoms with van der Waals surface area (Å²) in [5.41, 5.74) is 2.92. The van der Waals surface area contributed by atoms with Crippen molar-refractivity contribution in [2.24, 2.45) is 0 Å². The molecule has 24 heavy (non-hydrogen) atoms. The van der Waals surface area contributed by atoms with Crippen molar-refractivity contribution < 1.29 is 9.59 Å². The third-order valence-corrected chi connectivity index (χ3v) is 4.35. The average Bonchev–Trinajstić information content (AvgIpc) is 3.19. The van der Waals surface area contributed by atoms with Crippen LogP contribution in [0.1, 0.15) is 16.1 Å². The third kappa shape index (κ3) is 2.87. The molecule has 3 rings (SSSR count). The lowest BCUT2D eigenvalue weighted by molar-refractivity contribution is -0.117. The van der Waals surface area contributed by atoms with Gasteiger partial charge in [-0.1, -0.05) is 11.3 Å². The number of nitrogens with one attached hydrogen (secondary N) is 1. The lowest BCUT2D eigenvalue weighted by atomic mass is 10.1. The van der Waals surface area contributed by atoms with Crippen molar-refractivity contribution >= 4 is 36.0 Å². The number of nitrogens with zero attached hydrogens (tertiary/aromatic N) is 5. The van der Waals surface area contributed by atoms with Crippen LogP contribution < -0.4 is 15.1 Å². The lowest BCUT2D eigenvalue weighted by Gasteiger charge is -2.21. The molecule has 2 heterocycles. The Bertz CT molecular complexity index is 790. The van der Waals surface area contributed by atoms with Gasteiger partial charge in [-0.15, -0.1) is 5.10 Å². The predicted octanol–water partition coefficient (Wildman–Crippen LogP) is 0.356. The van der Waals surface area contributed by atoms with Gasteiger partial charge in [0, 0.05) is 25.0 Å². The van der Waals surface area contributed by atoms with E-state index in [4.69, 9.17) is 0 Å². The Kier molecular flexibility index (Phi) is 4.54. The Morgan fingerprint density at radius 3 is 2.88 bits per heavy atom. The van der Waals surface area contributed by atoms with E-state index in [1.807, 2.05) is 18.2 Å². The van der Waals surface area contributed by atoms with E-state index in [0.717, 1.165) is 27.4 Å². The molecule has 126 valence electrons. The van der Waals surface area contributed by atoms with Gasteiger partial charge in [0.2, 0.25) is 5.91 Å². The summed E-state index contributed by atoms with van der Waals surface area (Å²) in [4.78, 5) is 28.0. The summed E-state index contributed by atoms with van der Waals surface area (Å²) in [7, 11) is 3.44. The molecule has 0 unspecified atom stereocenters. The van der Waals surface area contributed by atoms with E-state index in [-0.39, 0.29) is 18.4 Å². The number of rotatable bonds is 4. The Hall–Kier alpha value is -2.39. The van der Waals surface area contributed by atoms with Crippen LogP contribution in [0.5, 0.6) is 0 Å². The second-order valence-corrected chi connectivity index (χ2v) is 5.89. The molecule has 0 fully saturated rings. The second kappa shape index (κ2) is 6.62. The monoisotopic (exact) mass is 346 g/mol. The third-order valence-electron chi connectivity index (χ3n) is 4.05. The van der Waals surface area contributed by atoms with Gasteiger partial charge in [-0.2, -0.15) is 4.09 Å². The number of hydrogen-bond acceptors (Lipinski definition) is 6. The Morgan fingerprint density at radius 1 is 1.42 bits per heavy atom. The van der Waals surface area contributed by atoms with Crippen molar-refractivity contribution in [2.75, 3.05) is 37.0 Å². The molecule has 1 N–H and O–H groups in total. The lowest BCUT2D eigenvalue weighted by Crippen LogP contribution is -2.34. The van der Waals surface area contributed by atoms with Crippen molar-refractivity contribution in [1.82, 2.24) is 19.7 Å². The number of aromatic nitrogens is 3. The fourth-order valence-electron chi connectivity index (χ4n) is 2.71. The van der Waals surface area contributed by atoms with E-state index in [1.54, 1.807) is 23.9 Å². The molecule has 1 aromatic carbocycles. The van der Waals surface area contributed by atoms with Crippen LogP contribution in [0.3, 0.4) is 0 Å². The molecule has 0 spiro atoms. The fourth-order valence-corrected chi connectivity index (χ4v) is 2.89. The largest absolute Gasteiger partial charge is 0.314 e. The Labute approximate surface area is 145 Å². The van der Waals surface area contributed by atoms with E-state index in [9.17, 15) is 9.59 Å². The quantitative estimate of drug-likeness (QED) is 0.781. The minimum absolute atomic E-state index is 0.0500. The van der Waals surface area contributed by atoms with Gasteiger partial charge in [0.25, 0.3) is 5.91 Å². The highest BCUT2D eigenvalue weighted by atomic mass is 32.1. The molecule has 8 nitrogen and oxygen atoms in total. The zero-order chi connectivity index (χ0) is 17.3. The molecule has 1 aliphatic rings. The van der Waals surface area contributed by atoms with E-state index in [0.29, 0.717) is 12.2 Å². The number of hydrogen-bond donors (Lipinski definition) is 2. The van der Waals surface area contributed by atoms with Crippen LogP contribution in [0.4, 0.5) is 11.4 Å². The molecule has 0 saturated carbocycles. The minimum Gasteiger partial charge on any atom is -0.314 e. The smallest absolute Gasteiger partial charge is 0.279 e. The number of amides is 2. The van der Waals surface area contributed by atoms with Gasteiger partial charge in [0.05, 0.1) is 12.7 Å². The van der Waals surface area contributed by atoms with Gasteiger partial charge in [-0.3, -0.25) is 9.59 Å². The van der Waals surface area contributed by atoms with Crippen LogP contribution >= 0.6 is 12.8 Å². The number of benzene rings is 1. The highest BCUT2D eigenvalue weighted by Crippen LogP contribution is 2.33. The number of thiol groups is 1. The summed E-state index contributed by atoms with van der Waals surface area (Å²) in [6.45, 7) is 0.825. The van der Waals surface area contributed by atoms with Crippen molar-refractivity contribution in [2.45, 2.75) is 6.42 Å². The molecule has 0 aliphatic carbocycles. The fraction of sp³-hybridized carbons (Fsp3) is 0.333. The van der Waals surface area contributed by atoms with Gasteiger partial charge >= 0.3 is 0 Å². The summed E-state index contributed by atoms with van der Waals surface area (Å²) in [5.74, 6) is -0.263. The number of carbonyl (C=O) groups excluding carboxylic acids is 2. The first kappa shape index (κ1) is 16.5. The van der Waals surface area contributed by atoms with Gasteiger partial charge in [-0.25, -0.2) is 0 Å². The summed E-state index contributed by atoms with van der Waals surface area (Å²) in [5, 5.41) is 10.2. The van der Waals surface area contributed by atoms with Gasteiger partial charge < -0.3 is 15.1 Å². The molecule has 9 heteroatoms. The van der Waals surface area contributed by atoms with Gasteiger partial charge in [0.15, 0.2) is 5.69 Å². The summed E-state index contributed by atoms with van der Waals surface area (Å²) in [6, 6.07) is 5.71. The topological polar surface area (TPSA) is 83.4 Å². The molecule has 0 saturated heterocycles. The molecule has 2 aromatic rings. The van der Waals surface area contributed by atoms with E-state index >= 15 is 0 Å². The maximum atomic E-state index is 12.7. The number of anilines is 2. The van der Waals surface area contributed by atoms with Crippen LogP contribution in [0.15, 0.2) is 24.4 Å². The normalized spacial score (nSPS) is 13.0. The van der Waals surface area contributed by atoms with E-state index < -0.39 is 0 Å². The second-order valence-electron chi connectivity index (χ2n) is 5.51. The van der Waals surface area contributed by atoms with E-state index in [1.165, 1.54) is 6.20 Å². The van der Waals surface area contributed by atoms with Crippen molar-refractivity contribution in [3.63, 3.8) is 0 Å². The number of carbonyl (C=O) groups is 2. The summed E-state index contributed by atoms with van der Waals surface area (Å²) in [6.07, 6.45) is 2.16. The van der Waals surface area contributed by atoms with Crippen LogP contribution in [0.2, 0.25) is 0 Å². The zero-order valence-electron chi connectivity index (χ0n) is 13.4. The van der Waals surface area contributed by atoms with Gasteiger partial charge in [-0.05, 0) is 44.0 Å². The maximum Gasteiger partial charge on any atom is 0.279 e. The first-order valence-electron chi connectivity index (χ1n) is 7.49. The molecular weight excluding hydrogens is 328 g/mol. The predicted molar refractivity (Wildman–Crippen MR) is 93.6 cm³/mol. The zero-order valence-corrected chi connectivity index (χ0v) is 14.3. The standard InChI is InChI=1S/C15H18N6O2S/c1-16-9-14(22)19(2)11-4-3-10-5-6-20(12(10)7-11)15(23)13-8-17-18-21(13)24/h3-4,7-8,16,24H,5-6,9H2,1-2H3. The van der Waals surface area contributed by atoms with Crippen molar-refractivity contribution in [3.05, 3.63) is 35.7 Å². The molecule has 0 atom stereocenters. The minimum atomic E-state index is -0.213. The summed E-state index contributed by atoms with van der Waals surface area (Å²) < 4.78 is 1.16. The molecule has 0 radical (unpaired) electrons. The average molecular weight is 346 g/mol. The van der Waals surface area contributed by atoms with E-state index in [2.05, 4.69) is 28.4 Å². The molecule has 0 bridgehead atoms. The Balaban J connectivity index is 1.90. The van der Waals surface area contributed by atoms with Crippen LogP contribution in [-0.2, 0) is 11.2 Å². The Morgan fingerprint density at radius 2 is 2.21 bits per heavy atom. The van der Waals surface area contributed by atoms with Crippen LogP contribution in [-0.4, -0.2) is 53.4 Å². The van der Waals surface area contributed by atoms with Crippen molar-refractivity contribution in [3.8, 4) is 0 Å².